The van der Waals surface area contributed by atoms with Crippen molar-refractivity contribution in [2.75, 3.05) is 26.2 Å². The molecule has 0 spiro atoms. The molecule has 2 aliphatic heterocycles. The van der Waals surface area contributed by atoms with Gasteiger partial charge in [0.1, 0.15) is 6.10 Å². The van der Waals surface area contributed by atoms with Crippen LogP contribution in [0, 0.1) is 0 Å². The second kappa shape index (κ2) is 8.35. The summed E-state index contributed by atoms with van der Waals surface area (Å²) < 4.78 is 44.5. The summed E-state index contributed by atoms with van der Waals surface area (Å²) in [6.07, 6.45) is 2.98. The van der Waals surface area contributed by atoms with E-state index in [1.54, 1.807) is 17.3 Å². The molecule has 2 unspecified atom stereocenters. The number of benzene rings is 1. The Balaban J connectivity index is 1.20. The number of ether oxygens (including phenoxy) is 1. The standard InChI is InChI=1S/C23H25F3N4O2/c24-23(25,26)17-6-4-16(5-7-17)22(31)30-9-1-8-29-14-19(10-18(29)13-30)32-21-12-27-20(11-28-21)15-2-3-15/h4-7,11-12,15,18-19H,1-3,8-10,13-14H2. The van der Waals surface area contributed by atoms with E-state index < -0.39 is 11.7 Å². The summed E-state index contributed by atoms with van der Waals surface area (Å²) in [6.45, 7) is 2.74. The van der Waals surface area contributed by atoms with Gasteiger partial charge in [0.15, 0.2) is 0 Å². The number of nitrogens with zero attached hydrogens (tertiary/aromatic N) is 4. The first-order chi connectivity index (χ1) is 15.4. The van der Waals surface area contributed by atoms with Gasteiger partial charge in [0.05, 0.1) is 23.7 Å². The fraction of sp³-hybridized carbons (Fsp3) is 0.522. The van der Waals surface area contributed by atoms with Crippen LogP contribution in [0.5, 0.6) is 5.88 Å². The number of amides is 1. The molecule has 2 atom stereocenters. The molecular weight excluding hydrogens is 421 g/mol. The quantitative estimate of drug-likeness (QED) is 0.716. The largest absolute Gasteiger partial charge is 0.472 e. The van der Waals surface area contributed by atoms with Gasteiger partial charge in [-0.15, -0.1) is 0 Å². The highest BCUT2D eigenvalue weighted by molar-refractivity contribution is 5.94. The number of halogens is 3. The van der Waals surface area contributed by atoms with E-state index in [-0.39, 0.29) is 23.6 Å². The zero-order valence-electron chi connectivity index (χ0n) is 17.6. The van der Waals surface area contributed by atoms with E-state index in [2.05, 4.69) is 14.9 Å². The molecule has 9 heteroatoms. The van der Waals surface area contributed by atoms with E-state index in [9.17, 15) is 18.0 Å². The van der Waals surface area contributed by atoms with Gasteiger partial charge < -0.3 is 9.64 Å². The fourth-order valence-corrected chi connectivity index (χ4v) is 4.61. The zero-order valence-corrected chi connectivity index (χ0v) is 17.6. The van der Waals surface area contributed by atoms with Gasteiger partial charge in [-0.25, -0.2) is 4.98 Å². The lowest BCUT2D eigenvalue weighted by Crippen LogP contribution is -2.39. The van der Waals surface area contributed by atoms with E-state index >= 15 is 0 Å². The molecule has 170 valence electrons. The second-order valence-corrected chi connectivity index (χ2v) is 8.86. The molecular formula is C23H25F3N4O2. The first kappa shape index (κ1) is 21.2. The molecule has 5 rings (SSSR count). The summed E-state index contributed by atoms with van der Waals surface area (Å²) >= 11 is 0. The van der Waals surface area contributed by atoms with Crippen molar-refractivity contribution in [3.63, 3.8) is 0 Å². The fourth-order valence-electron chi connectivity index (χ4n) is 4.61. The molecule has 32 heavy (non-hydrogen) atoms. The van der Waals surface area contributed by atoms with Gasteiger partial charge in [0, 0.05) is 50.1 Å². The first-order valence-corrected chi connectivity index (χ1v) is 11.1. The highest BCUT2D eigenvalue weighted by Gasteiger charge is 2.37. The van der Waals surface area contributed by atoms with Gasteiger partial charge in [0.25, 0.3) is 5.91 Å². The molecule has 3 aliphatic rings. The molecule has 0 radical (unpaired) electrons. The van der Waals surface area contributed by atoms with Crippen LogP contribution < -0.4 is 4.74 Å². The summed E-state index contributed by atoms with van der Waals surface area (Å²) in [4.78, 5) is 25.9. The monoisotopic (exact) mass is 446 g/mol. The average molecular weight is 446 g/mol. The van der Waals surface area contributed by atoms with E-state index in [4.69, 9.17) is 4.74 Å². The van der Waals surface area contributed by atoms with E-state index in [1.807, 2.05) is 0 Å². The van der Waals surface area contributed by atoms with Crippen molar-refractivity contribution in [1.82, 2.24) is 19.8 Å². The summed E-state index contributed by atoms with van der Waals surface area (Å²) in [6, 6.07) is 4.61. The Labute approximate surface area is 184 Å². The van der Waals surface area contributed by atoms with Crippen LogP contribution in [0.2, 0.25) is 0 Å². The maximum absolute atomic E-state index is 12.9. The lowest BCUT2D eigenvalue weighted by atomic mass is 10.1. The maximum atomic E-state index is 12.9. The first-order valence-electron chi connectivity index (χ1n) is 11.1. The highest BCUT2D eigenvalue weighted by Crippen LogP contribution is 2.38. The number of hydrogen-bond acceptors (Lipinski definition) is 5. The van der Waals surface area contributed by atoms with Crippen LogP contribution in [0.4, 0.5) is 13.2 Å². The third-order valence-corrected chi connectivity index (χ3v) is 6.47. The Bertz CT molecular complexity index is 961. The van der Waals surface area contributed by atoms with Crippen molar-refractivity contribution in [2.45, 2.75) is 49.9 Å². The van der Waals surface area contributed by atoms with E-state index in [0.717, 1.165) is 43.8 Å². The molecule has 1 amide bonds. The average Bonchev–Trinajstić information content (AvgIpc) is 3.58. The summed E-state index contributed by atoms with van der Waals surface area (Å²) in [7, 11) is 0. The van der Waals surface area contributed by atoms with Gasteiger partial charge in [-0.05, 0) is 43.5 Å². The van der Waals surface area contributed by atoms with Crippen molar-refractivity contribution >= 4 is 5.91 Å². The van der Waals surface area contributed by atoms with Gasteiger partial charge in [0.2, 0.25) is 5.88 Å². The lowest BCUT2D eigenvalue weighted by Gasteiger charge is -2.25. The molecule has 1 aliphatic carbocycles. The van der Waals surface area contributed by atoms with E-state index in [0.29, 0.717) is 24.9 Å². The molecule has 0 bridgehead atoms. The minimum atomic E-state index is -4.41. The lowest BCUT2D eigenvalue weighted by molar-refractivity contribution is -0.137. The van der Waals surface area contributed by atoms with Gasteiger partial charge in [-0.3, -0.25) is 14.7 Å². The third-order valence-electron chi connectivity index (χ3n) is 6.47. The molecule has 0 N–H and O–H groups in total. The Hall–Kier alpha value is -2.68. The van der Waals surface area contributed by atoms with Crippen molar-refractivity contribution in [3.05, 3.63) is 53.5 Å². The van der Waals surface area contributed by atoms with Gasteiger partial charge in [-0.1, -0.05) is 0 Å². The third kappa shape index (κ3) is 4.57. The van der Waals surface area contributed by atoms with Gasteiger partial charge >= 0.3 is 6.18 Å². The van der Waals surface area contributed by atoms with Crippen molar-refractivity contribution in [2.24, 2.45) is 0 Å². The highest BCUT2D eigenvalue weighted by atomic mass is 19.4. The minimum absolute atomic E-state index is 0.0257. The van der Waals surface area contributed by atoms with Crippen LogP contribution in [0.25, 0.3) is 0 Å². The van der Waals surface area contributed by atoms with Crippen molar-refractivity contribution < 1.29 is 22.7 Å². The predicted octanol–water partition coefficient (Wildman–Crippen LogP) is 3.74. The van der Waals surface area contributed by atoms with Crippen molar-refractivity contribution in [1.29, 1.82) is 0 Å². The number of alkyl halides is 3. The summed E-state index contributed by atoms with van der Waals surface area (Å²) in [5.41, 5.74) is 0.554. The smallest absolute Gasteiger partial charge is 0.416 e. The molecule has 2 aromatic rings. The number of hydrogen-bond donors (Lipinski definition) is 0. The van der Waals surface area contributed by atoms with Crippen LogP contribution in [0.3, 0.4) is 0 Å². The minimum Gasteiger partial charge on any atom is -0.472 e. The Kier molecular flexibility index (Phi) is 5.53. The molecule has 1 aromatic carbocycles. The number of aromatic nitrogens is 2. The number of fused-ring (bicyclic) bond motifs is 1. The number of carbonyl (C=O) groups is 1. The van der Waals surface area contributed by atoms with Crippen LogP contribution in [-0.4, -0.2) is 64.0 Å². The predicted molar refractivity (Wildman–Crippen MR) is 110 cm³/mol. The van der Waals surface area contributed by atoms with Crippen LogP contribution in [-0.2, 0) is 6.18 Å². The molecule has 3 heterocycles. The summed E-state index contributed by atoms with van der Waals surface area (Å²) in [5.74, 6) is 0.843. The normalized spacial score (nSPS) is 24.2. The van der Waals surface area contributed by atoms with Crippen molar-refractivity contribution in [3.8, 4) is 5.88 Å². The molecule has 2 saturated heterocycles. The SMILES string of the molecule is O=C(c1ccc(C(F)(F)F)cc1)N1CCCN2CC(Oc3cnc(C4CC4)cn3)CC2C1. The van der Waals surface area contributed by atoms with Crippen LogP contribution in [0.1, 0.15) is 53.2 Å². The van der Waals surface area contributed by atoms with Crippen LogP contribution >= 0.6 is 0 Å². The van der Waals surface area contributed by atoms with Crippen LogP contribution in [0.15, 0.2) is 36.7 Å². The molecule has 1 saturated carbocycles. The number of rotatable bonds is 4. The Morgan fingerprint density at radius 1 is 1.03 bits per heavy atom. The van der Waals surface area contributed by atoms with E-state index in [1.165, 1.54) is 25.0 Å². The van der Waals surface area contributed by atoms with Gasteiger partial charge in [-0.2, -0.15) is 13.2 Å². The second-order valence-electron chi connectivity index (χ2n) is 8.86. The Morgan fingerprint density at radius 3 is 2.47 bits per heavy atom. The maximum Gasteiger partial charge on any atom is 0.416 e. The molecule has 1 aromatic heterocycles. The topological polar surface area (TPSA) is 58.6 Å². The zero-order chi connectivity index (χ0) is 22.3. The molecule has 6 nitrogen and oxygen atoms in total. The Morgan fingerprint density at radius 2 is 1.81 bits per heavy atom. The summed E-state index contributed by atoms with van der Waals surface area (Å²) in [5, 5.41) is 0. The number of carbonyl (C=O) groups excluding carboxylic acids is 1. The molecule has 3 fully saturated rings.